The molecular weight excluding hydrogens is 889 g/mol. The number of hydrogen-bond donors (Lipinski definition) is 0. The van der Waals surface area contributed by atoms with Gasteiger partial charge in [0.1, 0.15) is 0 Å². The Morgan fingerprint density at radius 3 is 1.01 bits per heavy atom. The fourth-order valence-electron chi connectivity index (χ4n) is 12.5. The van der Waals surface area contributed by atoms with Crippen LogP contribution in [0.15, 0.2) is 121 Å². The SMILES string of the molecule is CC(C)(C)c1ccc2c(c1)c1cc(C(C)(C)C)cc3sc4c(ccc5c6cccc7c6n(c6cccc8c9ccc%10c(sc%11cc(C(C)(C)C)cc%12c%13cc(C(C)(C)C)ccc%13n%10c%11%12)c9n7c86)c54)n2c31. The van der Waals surface area contributed by atoms with E-state index in [-0.39, 0.29) is 21.7 Å². The Kier molecular flexibility index (Phi) is 7.55. The van der Waals surface area contributed by atoms with Gasteiger partial charge in [-0.25, -0.2) is 0 Å². The van der Waals surface area contributed by atoms with Crippen LogP contribution in [0.5, 0.6) is 0 Å². The predicted molar refractivity (Wildman–Crippen MR) is 307 cm³/mol. The van der Waals surface area contributed by atoms with Gasteiger partial charge in [-0.3, -0.25) is 0 Å². The number of aromatic nitrogens is 4. The van der Waals surface area contributed by atoms with Crippen molar-refractivity contribution in [3.05, 3.63) is 144 Å². The number of hydrogen-bond acceptors (Lipinski definition) is 2. The summed E-state index contributed by atoms with van der Waals surface area (Å²) < 4.78 is 15.8. The van der Waals surface area contributed by atoms with Crippen LogP contribution in [-0.4, -0.2) is 17.6 Å². The van der Waals surface area contributed by atoms with Gasteiger partial charge in [0.15, 0.2) is 0 Å². The topological polar surface area (TPSA) is 17.6 Å². The maximum Gasteiger partial charge on any atom is 0.0783 e. The average molecular weight is 945 g/mol. The Bertz CT molecular complexity index is 4540. The van der Waals surface area contributed by atoms with Crippen LogP contribution in [0.3, 0.4) is 0 Å². The van der Waals surface area contributed by atoms with Crippen molar-refractivity contribution in [3.8, 4) is 0 Å². The third kappa shape index (κ3) is 5.11. The highest BCUT2D eigenvalue weighted by molar-refractivity contribution is 7.26. The first-order valence-corrected chi connectivity index (χ1v) is 26.7. The molecule has 7 aromatic heterocycles. The summed E-state index contributed by atoms with van der Waals surface area (Å²) in [6, 6.07) is 48.1. The van der Waals surface area contributed by atoms with Gasteiger partial charge in [-0.15, -0.1) is 22.7 Å². The van der Waals surface area contributed by atoms with Crippen LogP contribution in [0.1, 0.15) is 105 Å². The number of nitrogens with zero attached hydrogens (tertiary/aromatic N) is 4. The van der Waals surface area contributed by atoms with E-state index < -0.39 is 0 Å². The summed E-state index contributed by atoms with van der Waals surface area (Å²) in [7, 11) is 0. The number of para-hydroxylation sites is 2. The third-order valence-corrected chi connectivity index (χ3v) is 18.5. The zero-order valence-corrected chi connectivity index (χ0v) is 43.8. The fraction of sp³-hybridized carbons (Fsp3) is 0.250. The van der Waals surface area contributed by atoms with Crippen molar-refractivity contribution in [2.75, 3.05) is 0 Å². The van der Waals surface area contributed by atoms with Crippen molar-refractivity contribution in [2.24, 2.45) is 0 Å². The lowest BCUT2D eigenvalue weighted by Crippen LogP contribution is -2.11. The molecular formula is C64H56N4S2. The van der Waals surface area contributed by atoms with Crippen molar-refractivity contribution in [3.63, 3.8) is 0 Å². The molecule has 6 heteroatoms. The molecule has 0 saturated carbocycles. The van der Waals surface area contributed by atoms with Gasteiger partial charge < -0.3 is 17.6 Å². The second kappa shape index (κ2) is 12.8. The zero-order valence-electron chi connectivity index (χ0n) is 42.2. The summed E-state index contributed by atoms with van der Waals surface area (Å²) in [5.41, 5.74) is 20.9. The first-order chi connectivity index (χ1) is 33.3. The lowest BCUT2D eigenvalue weighted by atomic mass is 9.85. The highest BCUT2D eigenvalue weighted by Gasteiger charge is 2.29. The minimum Gasteiger partial charge on any atom is -0.306 e. The van der Waals surface area contributed by atoms with Crippen LogP contribution in [-0.2, 0) is 21.7 Å². The van der Waals surface area contributed by atoms with E-state index in [1.807, 2.05) is 22.7 Å². The fourth-order valence-corrected chi connectivity index (χ4v) is 15.0. The van der Waals surface area contributed by atoms with E-state index in [0.29, 0.717) is 0 Å². The van der Waals surface area contributed by atoms with Gasteiger partial charge in [0.25, 0.3) is 0 Å². The van der Waals surface area contributed by atoms with Crippen molar-refractivity contribution < 1.29 is 0 Å². The molecule has 8 aromatic carbocycles. The van der Waals surface area contributed by atoms with Crippen LogP contribution < -0.4 is 0 Å². The lowest BCUT2D eigenvalue weighted by Gasteiger charge is -2.20. The Morgan fingerprint density at radius 2 is 0.629 bits per heavy atom. The maximum atomic E-state index is 2.65. The molecule has 344 valence electrons. The van der Waals surface area contributed by atoms with Gasteiger partial charge in [-0.2, -0.15) is 0 Å². The summed E-state index contributed by atoms with van der Waals surface area (Å²) in [6.45, 7) is 28.1. The molecule has 15 rings (SSSR count). The van der Waals surface area contributed by atoms with Crippen LogP contribution in [0, 0.1) is 0 Å². The minimum absolute atomic E-state index is 0.00797. The second-order valence-corrected chi connectivity index (χ2v) is 26.8. The summed E-state index contributed by atoms with van der Waals surface area (Å²) in [5.74, 6) is 0. The van der Waals surface area contributed by atoms with Crippen molar-refractivity contribution in [2.45, 2.75) is 105 Å². The average Bonchev–Trinajstić information content (AvgIpc) is 4.04. The van der Waals surface area contributed by atoms with Crippen LogP contribution in [0.4, 0.5) is 0 Å². The summed E-state index contributed by atoms with van der Waals surface area (Å²) >= 11 is 3.94. The first-order valence-electron chi connectivity index (χ1n) is 25.1. The monoisotopic (exact) mass is 944 g/mol. The van der Waals surface area contributed by atoms with Crippen LogP contribution in [0.2, 0.25) is 0 Å². The zero-order chi connectivity index (χ0) is 48.0. The van der Waals surface area contributed by atoms with E-state index in [9.17, 15) is 0 Å². The van der Waals surface area contributed by atoms with Crippen LogP contribution >= 0.6 is 22.7 Å². The van der Waals surface area contributed by atoms with Gasteiger partial charge in [-0.1, -0.05) is 132 Å². The molecule has 0 amide bonds. The molecule has 4 nitrogen and oxygen atoms in total. The summed E-state index contributed by atoms with van der Waals surface area (Å²) in [4.78, 5) is 0. The third-order valence-electron chi connectivity index (χ3n) is 16.2. The standard InChI is InChI=1S/C64H56N4S2/c1-61(2,3)33-19-23-45-41(27-33)43-29-35(63(7,8)9)31-51-55(43)65(45)49-25-21-39-37-15-13-18-48-53(37)67(57(39)59(49)69-51)47-17-14-16-38-40-22-26-50-60(58(40)68(48)54(38)47)70-52-32-36(64(10,11)12)30-44-42-28-34(62(4,5)6)20-24-46(42)66(50)56(44)52/h13-32H,1-12H3. The molecule has 15 aromatic rings. The molecule has 0 aliphatic heterocycles. The smallest absolute Gasteiger partial charge is 0.0783 e. The summed E-state index contributed by atoms with van der Waals surface area (Å²) in [5, 5.41) is 10.5. The van der Waals surface area contributed by atoms with Gasteiger partial charge >= 0.3 is 0 Å². The van der Waals surface area contributed by atoms with Crippen molar-refractivity contribution >= 4 is 151 Å². The van der Waals surface area contributed by atoms with E-state index >= 15 is 0 Å². The molecule has 0 bridgehead atoms. The predicted octanol–water partition coefficient (Wildman–Crippen LogP) is 19.0. The van der Waals surface area contributed by atoms with Gasteiger partial charge in [0, 0.05) is 43.1 Å². The maximum absolute atomic E-state index is 2.65. The van der Waals surface area contributed by atoms with E-state index in [2.05, 4.69) is 222 Å². The van der Waals surface area contributed by atoms with E-state index in [4.69, 9.17) is 0 Å². The van der Waals surface area contributed by atoms with Crippen molar-refractivity contribution in [1.29, 1.82) is 0 Å². The van der Waals surface area contributed by atoms with Gasteiger partial charge in [0.2, 0.25) is 0 Å². The quantitative estimate of drug-likeness (QED) is 0.135. The van der Waals surface area contributed by atoms with E-state index in [0.717, 1.165) is 0 Å². The van der Waals surface area contributed by atoms with E-state index in [1.54, 1.807) is 0 Å². The molecule has 0 unspecified atom stereocenters. The molecule has 0 N–H and O–H groups in total. The van der Waals surface area contributed by atoms with Gasteiger partial charge in [0.05, 0.1) is 85.0 Å². The lowest BCUT2D eigenvalue weighted by molar-refractivity contribution is 0.590. The van der Waals surface area contributed by atoms with Crippen molar-refractivity contribution in [1.82, 2.24) is 17.6 Å². The molecule has 0 radical (unpaired) electrons. The molecule has 0 aliphatic rings. The number of fused-ring (bicyclic) bond motifs is 20. The Morgan fingerprint density at radius 1 is 0.271 bits per heavy atom. The Hall–Kier alpha value is -6.60. The molecule has 7 heterocycles. The minimum atomic E-state index is -0.00797. The highest BCUT2D eigenvalue weighted by Crippen LogP contribution is 2.50. The molecule has 0 spiro atoms. The van der Waals surface area contributed by atoms with Gasteiger partial charge in [-0.05, 0) is 117 Å². The normalized spacial score (nSPS) is 14.0. The molecule has 0 aliphatic carbocycles. The Balaban J connectivity index is 1.13. The number of rotatable bonds is 0. The highest BCUT2D eigenvalue weighted by atomic mass is 32.1. The first kappa shape index (κ1) is 41.2. The molecule has 0 atom stereocenters. The number of benzene rings is 8. The summed E-state index contributed by atoms with van der Waals surface area (Å²) in [6.07, 6.45) is 0. The largest absolute Gasteiger partial charge is 0.306 e. The van der Waals surface area contributed by atoms with Crippen LogP contribution in [0.25, 0.3) is 128 Å². The Labute approximate surface area is 414 Å². The second-order valence-electron chi connectivity index (χ2n) is 24.7. The molecule has 0 fully saturated rings. The molecule has 0 saturated heterocycles. The molecule has 70 heavy (non-hydrogen) atoms. The van der Waals surface area contributed by atoms with E-state index in [1.165, 1.54) is 150 Å².